The van der Waals surface area contributed by atoms with Gasteiger partial charge in [0.25, 0.3) is 5.91 Å². The van der Waals surface area contributed by atoms with Gasteiger partial charge in [-0.2, -0.15) is 0 Å². The van der Waals surface area contributed by atoms with Gasteiger partial charge in [0.05, 0.1) is 0 Å². The Kier molecular flexibility index (Phi) is 8.47. The van der Waals surface area contributed by atoms with E-state index >= 15 is 0 Å². The average molecular weight is 382 g/mol. The standard InChI is InChI=1S/C18H26N2O5S/c1-13(2)15(4)20-17(21)12-25-18(22)11-19-26(23,24)10-9-16-7-5-14(3)6-8-16/h5-10,13,15,19H,11-12H2,1-4H3,(H,20,21)/b10-9+/t15-/m1/s1. The molecule has 0 saturated carbocycles. The van der Waals surface area contributed by atoms with E-state index in [2.05, 4.69) is 10.0 Å². The lowest BCUT2D eigenvalue weighted by atomic mass is 10.1. The third kappa shape index (κ3) is 8.77. The Bertz CT molecular complexity index is 739. The van der Waals surface area contributed by atoms with Gasteiger partial charge in [0.15, 0.2) is 6.61 Å². The molecule has 0 fully saturated rings. The summed E-state index contributed by atoms with van der Waals surface area (Å²) in [4.78, 5) is 23.2. The first-order chi connectivity index (χ1) is 12.1. The summed E-state index contributed by atoms with van der Waals surface area (Å²) in [6.45, 7) is 6.69. The highest BCUT2D eigenvalue weighted by Gasteiger charge is 2.14. The summed E-state index contributed by atoms with van der Waals surface area (Å²) in [5, 5.41) is 3.66. The lowest BCUT2D eigenvalue weighted by Gasteiger charge is -2.17. The number of aryl methyl sites for hydroxylation is 1. The summed E-state index contributed by atoms with van der Waals surface area (Å²) in [5.74, 6) is -1.01. The van der Waals surface area contributed by atoms with E-state index in [-0.39, 0.29) is 12.0 Å². The molecule has 1 aromatic rings. The molecule has 1 aromatic carbocycles. The molecule has 0 aliphatic heterocycles. The highest BCUT2D eigenvalue weighted by Crippen LogP contribution is 2.06. The van der Waals surface area contributed by atoms with E-state index in [0.29, 0.717) is 0 Å². The Morgan fingerprint density at radius 2 is 1.77 bits per heavy atom. The van der Waals surface area contributed by atoms with Crippen molar-refractivity contribution in [2.45, 2.75) is 33.7 Å². The SMILES string of the molecule is Cc1ccc(/C=C/S(=O)(=O)NCC(=O)OCC(=O)N[C@H](C)C(C)C)cc1. The molecule has 7 nitrogen and oxygen atoms in total. The zero-order valence-electron chi connectivity index (χ0n) is 15.5. The summed E-state index contributed by atoms with van der Waals surface area (Å²) in [6, 6.07) is 7.25. The lowest BCUT2D eigenvalue weighted by Crippen LogP contribution is -2.39. The van der Waals surface area contributed by atoms with Gasteiger partial charge >= 0.3 is 5.97 Å². The molecular weight excluding hydrogens is 356 g/mol. The molecule has 2 N–H and O–H groups in total. The van der Waals surface area contributed by atoms with Crippen LogP contribution < -0.4 is 10.0 Å². The van der Waals surface area contributed by atoms with Crippen molar-refractivity contribution in [3.8, 4) is 0 Å². The molecular formula is C18H26N2O5S. The topological polar surface area (TPSA) is 102 Å². The third-order valence-electron chi connectivity index (χ3n) is 3.69. The smallest absolute Gasteiger partial charge is 0.321 e. The molecule has 0 radical (unpaired) electrons. The molecule has 0 unspecified atom stereocenters. The number of nitrogens with one attached hydrogen (secondary N) is 2. The number of amides is 1. The number of esters is 1. The predicted molar refractivity (Wildman–Crippen MR) is 101 cm³/mol. The van der Waals surface area contributed by atoms with Gasteiger partial charge in [-0.05, 0) is 31.4 Å². The lowest BCUT2D eigenvalue weighted by molar-refractivity contribution is -0.147. The van der Waals surface area contributed by atoms with Crippen LogP contribution in [0.15, 0.2) is 29.7 Å². The number of ether oxygens (including phenoxy) is 1. The number of benzene rings is 1. The summed E-state index contributed by atoms with van der Waals surface area (Å²) < 4.78 is 30.6. The van der Waals surface area contributed by atoms with Crippen molar-refractivity contribution >= 4 is 28.0 Å². The van der Waals surface area contributed by atoms with Crippen LogP contribution in [0.1, 0.15) is 31.9 Å². The van der Waals surface area contributed by atoms with Crippen molar-refractivity contribution in [3.63, 3.8) is 0 Å². The van der Waals surface area contributed by atoms with E-state index in [0.717, 1.165) is 16.5 Å². The number of hydrogen-bond donors (Lipinski definition) is 2. The van der Waals surface area contributed by atoms with Crippen molar-refractivity contribution in [3.05, 3.63) is 40.8 Å². The molecule has 0 heterocycles. The summed E-state index contributed by atoms with van der Waals surface area (Å²) in [5.41, 5.74) is 1.79. The van der Waals surface area contributed by atoms with Crippen LogP contribution in [0.2, 0.25) is 0 Å². The first-order valence-electron chi connectivity index (χ1n) is 8.28. The number of sulfonamides is 1. The predicted octanol–water partition coefficient (Wildman–Crippen LogP) is 1.59. The van der Waals surface area contributed by atoms with Crippen LogP contribution in [0, 0.1) is 12.8 Å². The molecule has 0 saturated heterocycles. The molecule has 144 valence electrons. The molecule has 1 rings (SSSR count). The molecule has 0 aliphatic carbocycles. The number of rotatable bonds is 9. The van der Waals surface area contributed by atoms with Crippen molar-refractivity contribution in [2.75, 3.05) is 13.2 Å². The molecule has 0 bridgehead atoms. The minimum Gasteiger partial charge on any atom is -0.455 e. The van der Waals surface area contributed by atoms with Crippen molar-refractivity contribution in [1.29, 1.82) is 0 Å². The Hall–Kier alpha value is -2.19. The first-order valence-corrected chi connectivity index (χ1v) is 9.83. The Balaban J connectivity index is 2.40. The van der Waals surface area contributed by atoms with E-state index in [1.165, 1.54) is 6.08 Å². The van der Waals surface area contributed by atoms with E-state index in [4.69, 9.17) is 4.74 Å². The molecule has 8 heteroatoms. The normalized spacial score (nSPS) is 13.0. The molecule has 26 heavy (non-hydrogen) atoms. The van der Waals surface area contributed by atoms with Crippen LogP contribution in [0.4, 0.5) is 0 Å². The fourth-order valence-electron chi connectivity index (χ4n) is 1.71. The maximum atomic E-state index is 11.8. The van der Waals surface area contributed by atoms with Gasteiger partial charge in [-0.25, -0.2) is 13.1 Å². The highest BCUT2D eigenvalue weighted by atomic mass is 32.2. The maximum Gasteiger partial charge on any atom is 0.321 e. The van der Waals surface area contributed by atoms with Crippen molar-refractivity contribution < 1.29 is 22.7 Å². The van der Waals surface area contributed by atoms with Crippen LogP contribution in [-0.4, -0.2) is 39.5 Å². The Labute approximate surface area is 154 Å². The molecule has 0 spiro atoms. The average Bonchev–Trinajstić information content (AvgIpc) is 2.57. The molecule has 0 aromatic heterocycles. The van der Waals surface area contributed by atoms with Crippen LogP contribution >= 0.6 is 0 Å². The van der Waals surface area contributed by atoms with E-state index < -0.39 is 35.1 Å². The number of hydrogen-bond acceptors (Lipinski definition) is 5. The van der Waals surface area contributed by atoms with E-state index in [1.54, 1.807) is 12.1 Å². The van der Waals surface area contributed by atoms with Crippen LogP contribution in [0.5, 0.6) is 0 Å². The van der Waals surface area contributed by atoms with Gasteiger partial charge in [0.2, 0.25) is 10.0 Å². The Morgan fingerprint density at radius 1 is 1.15 bits per heavy atom. The number of carbonyl (C=O) groups excluding carboxylic acids is 2. The molecule has 1 amide bonds. The van der Waals surface area contributed by atoms with Gasteiger partial charge in [0, 0.05) is 11.4 Å². The second-order valence-electron chi connectivity index (χ2n) is 6.34. The quantitative estimate of drug-likeness (QED) is 0.632. The fourth-order valence-corrected chi connectivity index (χ4v) is 2.46. The van der Waals surface area contributed by atoms with Gasteiger partial charge in [-0.3, -0.25) is 9.59 Å². The molecule has 0 aliphatic rings. The number of carbonyl (C=O) groups is 2. The first kappa shape index (κ1) is 21.9. The molecule has 1 atom stereocenters. The largest absolute Gasteiger partial charge is 0.455 e. The zero-order valence-corrected chi connectivity index (χ0v) is 16.3. The van der Waals surface area contributed by atoms with E-state index in [9.17, 15) is 18.0 Å². The summed E-state index contributed by atoms with van der Waals surface area (Å²) >= 11 is 0. The van der Waals surface area contributed by atoms with Gasteiger partial charge in [0.1, 0.15) is 6.54 Å². The summed E-state index contributed by atoms with van der Waals surface area (Å²) in [7, 11) is -3.79. The van der Waals surface area contributed by atoms with Gasteiger partial charge in [-0.1, -0.05) is 43.7 Å². The Morgan fingerprint density at radius 3 is 2.35 bits per heavy atom. The monoisotopic (exact) mass is 382 g/mol. The van der Waals surface area contributed by atoms with Crippen LogP contribution in [0.25, 0.3) is 6.08 Å². The fraction of sp³-hybridized carbons (Fsp3) is 0.444. The zero-order chi connectivity index (χ0) is 19.7. The second kappa shape index (κ2) is 10.1. The van der Waals surface area contributed by atoms with Crippen molar-refractivity contribution in [1.82, 2.24) is 10.0 Å². The maximum absolute atomic E-state index is 11.8. The van der Waals surface area contributed by atoms with Gasteiger partial charge < -0.3 is 10.1 Å². The minimum absolute atomic E-state index is 0.0494. The van der Waals surface area contributed by atoms with Crippen molar-refractivity contribution in [2.24, 2.45) is 5.92 Å². The highest BCUT2D eigenvalue weighted by molar-refractivity contribution is 7.92. The third-order valence-corrected chi connectivity index (χ3v) is 4.73. The summed E-state index contributed by atoms with van der Waals surface area (Å²) in [6.07, 6.45) is 1.42. The van der Waals surface area contributed by atoms with Gasteiger partial charge in [-0.15, -0.1) is 0 Å². The van der Waals surface area contributed by atoms with Crippen LogP contribution in [-0.2, 0) is 24.3 Å². The minimum atomic E-state index is -3.79. The van der Waals surface area contributed by atoms with Crippen LogP contribution in [0.3, 0.4) is 0 Å². The second-order valence-corrected chi connectivity index (χ2v) is 7.99. The van der Waals surface area contributed by atoms with E-state index in [1.807, 2.05) is 39.8 Å².